The third kappa shape index (κ3) is 5.21. The van der Waals surface area contributed by atoms with E-state index in [0.29, 0.717) is 41.6 Å². The highest BCUT2D eigenvalue weighted by Gasteiger charge is 2.27. The third-order valence-electron chi connectivity index (χ3n) is 5.34. The maximum Gasteiger partial charge on any atom is 0.241 e. The summed E-state index contributed by atoms with van der Waals surface area (Å²) in [6.07, 6.45) is 1.67. The standard InChI is InChI=1S/C23H23FN4O3/c1-15(29)17-4-2-6-20(12-17)25-23(30)18-5-3-11-28(13-18)14-21-26-22(27-31-21)16-7-9-19(24)10-8-16/h2,4,6-10,12,18H,3,5,11,13-14H2,1H3,(H,25,30). The minimum absolute atomic E-state index is 0.0421. The van der Waals surface area contributed by atoms with Gasteiger partial charge in [-0.3, -0.25) is 14.5 Å². The molecule has 0 bridgehead atoms. The predicted molar refractivity (Wildman–Crippen MR) is 113 cm³/mol. The molecule has 1 aliphatic heterocycles. The van der Waals surface area contributed by atoms with E-state index in [9.17, 15) is 14.0 Å². The molecule has 160 valence electrons. The number of nitrogens with zero attached hydrogens (tertiary/aromatic N) is 3. The van der Waals surface area contributed by atoms with Gasteiger partial charge in [0.2, 0.25) is 17.6 Å². The van der Waals surface area contributed by atoms with E-state index >= 15 is 0 Å². The molecule has 1 amide bonds. The number of aromatic nitrogens is 2. The van der Waals surface area contributed by atoms with Crippen LogP contribution < -0.4 is 5.32 Å². The number of Topliss-reactive ketones (excluding diaryl/α,β-unsaturated/α-hetero) is 1. The summed E-state index contributed by atoms with van der Waals surface area (Å²) in [7, 11) is 0. The molecule has 1 saturated heterocycles. The molecule has 1 N–H and O–H groups in total. The van der Waals surface area contributed by atoms with Crippen LogP contribution in [0.5, 0.6) is 0 Å². The summed E-state index contributed by atoms with van der Waals surface area (Å²) in [5.74, 6) is 0.260. The maximum atomic E-state index is 13.1. The van der Waals surface area contributed by atoms with Gasteiger partial charge in [0.25, 0.3) is 0 Å². The van der Waals surface area contributed by atoms with Crippen molar-refractivity contribution in [1.29, 1.82) is 0 Å². The summed E-state index contributed by atoms with van der Waals surface area (Å²) in [6, 6.07) is 12.9. The van der Waals surface area contributed by atoms with Crippen LogP contribution in [0.25, 0.3) is 11.4 Å². The number of piperidine rings is 1. The fourth-order valence-corrected chi connectivity index (χ4v) is 3.70. The van der Waals surface area contributed by atoms with Crippen molar-refractivity contribution in [2.45, 2.75) is 26.3 Å². The van der Waals surface area contributed by atoms with Crippen molar-refractivity contribution in [1.82, 2.24) is 15.0 Å². The quantitative estimate of drug-likeness (QED) is 0.606. The van der Waals surface area contributed by atoms with E-state index in [-0.39, 0.29) is 23.4 Å². The highest BCUT2D eigenvalue weighted by atomic mass is 19.1. The molecule has 1 aliphatic rings. The Morgan fingerprint density at radius 2 is 2.03 bits per heavy atom. The van der Waals surface area contributed by atoms with Gasteiger partial charge in [-0.2, -0.15) is 4.98 Å². The Kier molecular flexibility index (Phi) is 6.18. The summed E-state index contributed by atoms with van der Waals surface area (Å²) in [5.41, 5.74) is 1.87. The summed E-state index contributed by atoms with van der Waals surface area (Å²) in [4.78, 5) is 30.8. The van der Waals surface area contributed by atoms with Crippen LogP contribution in [-0.2, 0) is 11.3 Å². The predicted octanol–water partition coefficient (Wildman–Crippen LogP) is 3.93. The first-order chi connectivity index (χ1) is 15.0. The van der Waals surface area contributed by atoms with Crippen LogP contribution in [-0.4, -0.2) is 39.8 Å². The second-order valence-electron chi connectivity index (χ2n) is 7.72. The molecule has 0 aliphatic carbocycles. The van der Waals surface area contributed by atoms with Crippen LogP contribution in [0.1, 0.15) is 36.0 Å². The first-order valence-corrected chi connectivity index (χ1v) is 10.2. The molecular weight excluding hydrogens is 399 g/mol. The summed E-state index contributed by atoms with van der Waals surface area (Å²) < 4.78 is 18.4. The molecule has 2 aromatic carbocycles. The van der Waals surface area contributed by atoms with Crippen LogP contribution in [0.4, 0.5) is 10.1 Å². The SMILES string of the molecule is CC(=O)c1cccc(NC(=O)C2CCCN(Cc3nc(-c4ccc(F)cc4)no3)C2)c1. The molecule has 0 spiro atoms. The van der Waals surface area contributed by atoms with Gasteiger partial charge in [0, 0.05) is 23.4 Å². The van der Waals surface area contributed by atoms with Gasteiger partial charge in [-0.25, -0.2) is 4.39 Å². The minimum atomic E-state index is -0.321. The zero-order valence-corrected chi connectivity index (χ0v) is 17.2. The number of rotatable bonds is 6. The number of carbonyl (C=O) groups excluding carboxylic acids is 2. The van der Waals surface area contributed by atoms with E-state index in [1.54, 1.807) is 36.4 Å². The van der Waals surface area contributed by atoms with Gasteiger partial charge in [0.1, 0.15) is 5.82 Å². The Bertz CT molecular complexity index is 1080. The fraction of sp³-hybridized carbons (Fsp3) is 0.304. The van der Waals surface area contributed by atoms with Gasteiger partial charge in [-0.15, -0.1) is 0 Å². The Labute approximate surface area is 179 Å². The zero-order valence-electron chi connectivity index (χ0n) is 17.2. The molecule has 1 aromatic heterocycles. The lowest BCUT2D eigenvalue weighted by molar-refractivity contribution is -0.121. The van der Waals surface area contributed by atoms with E-state index in [1.807, 2.05) is 0 Å². The van der Waals surface area contributed by atoms with Gasteiger partial charge in [-0.1, -0.05) is 17.3 Å². The molecule has 8 heteroatoms. The van der Waals surface area contributed by atoms with Crippen molar-refractivity contribution < 1.29 is 18.5 Å². The number of amides is 1. The van der Waals surface area contributed by atoms with Crippen LogP contribution in [0, 0.1) is 11.7 Å². The number of benzene rings is 2. The number of halogens is 1. The van der Waals surface area contributed by atoms with E-state index in [4.69, 9.17) is 4.52 Å². The smallest absolute Gasteiger partial charge is 0.241 e. The van der Waals surface area contributed by atoms with E-state index in [0.717, 1.165) is 19.4 Å². The average molecular weight is 422 g/mol. The average Bonchev–Trinajstić information content (AvgIpc) is 3.23. The molecule has 31 heavy (non-hydrogen) atoms. The highest BCUT2D eigenvalue weighted by Crippen LogP contribution is 2.22. The number of hydrogen-bond acceptors (Lipinski definition) is 6. The lowest BCUT2D eigenvalue weighted by atomic mass is 9.97. The zero-order chi connectivity index (χ0) is 21.8. The van der Waals surface area contributed by atoms with Crippen molar-refractivity contribution in [3.63, 3.8) is 0 Å². The lowest BCUT2D eigenvalue weighted by Gasteiger charge is -2.30. The van der Waals surface area contributed by atoms with Crippen molar-refractivity contribution >= 4 is 17.4 Å². The van der Waals surface area contributed by atoms with Crippen LogP contribution >= 0.6 is 0 Å². The number of anilines is 1. The van der Waals surface area contributed by atoms with Gasteiger partial charge < -0.3 is 9.84 Å². The molecule has 1 fully saturated rings. The number of nitrogens with one attached hydrogen (secondary N) is 1. The maximum absolute atomic E-state index is 13.1. The van der Waals surface area contributed by atoms with E-state index in [1.165, 1.54) is 19.1 Å². The second kappa shape index (κ2) is 9.18. The monoisotopic (exact) mass is 422 g/mol. The molecule has 1 unspecified atom stereocenters. The molecule has 3 aromatic rings. The summed E-state index contributed by atoms with van der Waals surface area (Å²) >= 11 is 0. The van der Waals surface area contributed by atoms with Gasteiger partial charge in [0.05, 0.1) is 12.5 Å². The van der Waals surface area contributed by atoms with Gasteiger partial charge in [-0.05, 0) is 62.7 Å². The molecule has 4 rings (SSSR count). The highest BCUT2D eigenvalue weighted by molar-refractivity contribution is 5.97. The number of ketones is 1. The number of carbonyl (C=O) groups is 2. The van der Waals surface area contributed by atoms with Crippen molar-refractivity contribution in [2.75, 3.05) is 18.4 Å². The van der Waals surface area contributed by atoms with E-state index in [2.05, 4.69) is 20.4 Å². The van der Waals surface area contributed by atoms with Crippen LogP contribution in [0.3, 0.4) is 0 Å². The summed E-state index contributed by atoms with van der Waals surface area (Å²) in [6.45, 7) is 3.35. The van der Waals surface area contributed by atoms with Crippen LogP contribution in [0.2, 0.25) is 0 Å². The third-order valence-corrected chi connectivity index (χ3v) is 5.34. The molecular formula is C23H23FN4O3. The lowest BCUT2D eigenvalue weighted by Crippen LogP contribution is -2.40. The Morgan fingerprint density at radius 1 is 1.23 bits per heavy atom. The molecule has 0 radical (unpaired) electrons. The normalized spacial score (nSPS) is 16.8. The van der Waals surface area contributed by atoms with Crippen molar-refractivity contribution in [2.24, 2.45) is 5.92 Å². The second-order valence-corrected chi connectivity index (χ2v) is 7.72. The van der Waals surface area contributed by atoms with Gasteiger partial charge in [0.15, 0.2) is 5.78 Å². The minimum Gasteiger partial charge on any atom is -0.338 e. The summed E-state index contributed by atoms with van der Waals surface area (Å²) in [5, 5.41) is 6.89. The van der Waals surface area contributed by atoms with Gasteiger partial charge >= 0.3 is 0 Å². The van der Waals surface area contributed by atoms with Crippen LogP contribution in [0.15, 0.2) is 53.1 Å². The molecule has 1 atom stereocenters. The first kappa shape index (κ1) is 20.9. The Hall–Kier alpha value is -3.39. The Balaban J connectivity index is 1.36. The van der Waals surface area contributed by atoms with E-state index < -0.39 is 0 Å². The van der Waals surface area contributed by atoms with Crippen molar-refractivity contribution in [3.8, 4) is 11.4 Å². The topological polar surface area (TPSA) is 88.3 Å². The van der Waals surface area contributed by atoms with Crippen molar-refractivity contribution in [3.05, 3.63) is 65.8 Å². The molecule has 0 saturated carbocycles. The number of hydrogen-bond donors (Lipinski definition) is 1. The molecule has 7 nitrogen and oxygen atoms in total. The first-order valence-electron chi connectivity index (χ1n) is 10.2. The Morgan fingerprint density at radius 3 is 2.81 bits per heavy atom. The largest absolute Gasteiger partial charge is 0.338 e. The number of likely N-dealkylation sites (tertiary alicyclic amines) is 1. The molecule has 2 heterocycles. The fourth-order valence-electron chi connectivity index (χ4n) is 3.70.